The lowest BCUT2D eigenvalue weighted by Crippen LogP contribution is -2.19. The molecule has 1 amide bonds. The molecule has 0 saturated heterocycles. The lowest BCUT2D eigenvalue weighted by atomic mass is 10.3. The molecule has 82 valence electrons. The van der Waals surface area contributed by atoms with E-state index >= 15 is 0 Å². The van der Waals surface area contributed by atoms with Crippen LogP contribution in [0.3, 0.4) is 0 Å². The minimum atomic E-state index is -0.356. The zero-order chi connectivity index (χ0) is 11.4. The molecule has 5 heteroatoms. The molecule has 0 fully saturated rings. The highest BCUT2D eigenvalue weighted by Gasteiger charge is 2.06. The van der Waals surface area contributed by atoms with Crippen LogP contribution in [0.4, 0.5) is 10.5 Å². The maximum Gasteiger partial charge on any atom is 0.346 e. The second kappa shape index (κ2) is 4.59. The Hall–Kier alpha value is -2.14. The summed E-state index contributed by atoms with van der Waals surface area (Å²) in [5, 5.41) is 15.3. The van der Waals surface area contributed by atoms with Crippen molar-refractivity contribution in [1.29, 1.82) is 0 Å². The van der Waals surface area contributed by atoms with Crippen LogP contribution in [0.2, 0.25) is 0 Å². The van der Waals surface area contributed by atoms with Crippen molar-refractivity contribution in [2.75, 3.05) is 5.32 Å². The lowest BCUT2D eigenvalue weighted by Gasteiger charge is -2.03. The van der Waals surface area contributed by atoms with Gasteiger partial charge in [0.25, 0.3) is 0 Å². The molecule has 0 saturated carbocycles. The molecule has 1 heterocycles. The summed E-state index contributed by atoms with van der Waals surface area (Å²) in [6.45, 7) is -0.126. The quantitative estimate of drug-likeness (QED) is 0.800. The monoisotopic (exact) mass is 217 g/mol. The summed E-state index contributed by atoms with van der Waals surface area (Å²) in [7, 11) is 0. The van der Waals surface area contributed by atoms with Crippen LogP contribution in [-0.2, 0) is 6.61 Å². The van der Waals surface area contributed by atoms with Gasteiger partial charge in [0.05, 0.1) is 12.8 Å². The third-order valence-electron chi connectivity index (χ3n) is 2.05. The van der Waals surface area contributed by atoms with Crippen LogP contribution in [0.15, 0.2) is 42.7 Å². The van der Waals surface area contributed by atoms with E-state index in [-0.39, 0.29) is 12.6 Å². The smallest absolute Gasteiger partial charge is 0.346 e. The van der Waals surface area contributed by atoms with E-state index in [1.165, 1.54) is 12.4 Å². The fourth-order valence-electron chi connectivity index (χ4n) is 1.26. The molecular weight excluding hydrogens is 206 g/mol. The maximum absolute atomic E-state index is 11.7. The zero-order valence-electron chi connectivity index (χ0n) is 8.50. The normalized spacial score (nSPS) is 10.1. The van der Waals surface area contributed by atoms with E-state index in [4.69, 9.17) is 5.11 Å². The number of carbonyl (C=O) groups is 1. The third kappa shape index (κ3) is 2.26. The number of benzene rings is 1. The van der Waals surface area contributed by atoms with Crippen molar-refractivity contribution in [3.8, 4) is 0 Å². The molecule has 16 heavy (non-hydrogen) atoms. The molecule has 0 atom stereocenters. The number of anilines is 1. The molecule has 0 aliphatic heterocycles. The van der Waals surface area contributed by atoms with Crippen LogP contribution in [-0.4, -0.2) is 20.9 Å². The van der Waals surface area contributed by atoms with Gasteiger partial charge in [-0.25, -0.2) is 4.79 Å². The Kier molecular flexibility index (Phi) is 2.98. The summed E-state index contributed by atoms with van der Waals surface area (Å²) in [6.07, 6.45) is 2.93. The number of aliphatic hydroxyl groups is 1. The van der Waals surface area contributed by atoms with Crippen molar-refractivity contribution in [2.45, 2.75) is 6.61 Å². The van der Waals surface area contributed by atoms with Gasteiger partial charge in [-0.2, -0.15) is 9.78 Å². The van der Waals surface area contributed by atoms with Crippen LogP contribution in [0.25, 0.3) is 0 Å². The summed E-state index contributed by atoms with van der Waals surface area (Å²) in [5.41, 5.74) is 1.30. The predicted octanol–water partition coefficient (Wildman–Crippen LogP) is 1.46. The molecule has 2 rings (SSSR count). The molecule has 2 N–H and O–H groups in total. The van der Waals surface area contributed by atoms with E-state index in [9.17, 15) is 4.79 Å². The van der Waals surface area contributed by atoms with Crippen molar-refractivity contribution >= 4 is 11.7 Å². The Morgan fingerprint density at radius 1 is 1.38 bits per heavy atom. The van der Waals surface area contributed by atoms with Crippen LogP contribution in [0.5, 0.6) is 0 Å². The first-order chi connectivity index (χ1) is 7.79. The Bertz CT molecular complexity index is 479. The molecule has 1 aromatic carbocycles. The summed E-state index contributed by atoms with van der Waals surface area (Å²) < 4.78 is 1.15. The lowest BCUT2D eigenvalue weighted by molar-refractivity contribution is 0.250. The number of amides is 1. The number of carbonyl (C=O) groups excluding carboxylic acids is 1. The van der Waals surface area contributed by atoms with Crippen LogP contribution < -0.4 is 5.32 Å². The molecule has 5 nitrogen and oxygen atoms in total. The van der Waals surface area contributed by atoms with Gasteiger partial charge in [-0.3, -0.25) is 0 Å². The number of nitrogens with one attached hydrogen (secondary N) is 1. The number of rotatable bonds is 2. The van der Waals surface area contributed by atoms with Gasteiger partial charge in [0, 0.05) is 17.4 Å². The van der Waals surface area contributed by atoms with Gasteiger partial charge in [-0.1, -0.05) is 18.2 Å². The minimum Gasteiger partial charge on any atom is -0.392 e. The van der Waals surface area contributed by atoms with Crippen LogP contribution >= 0.6 is 0 Å². The Morgan fingerprint density at radius 2 is 2.12 bits per heavy atom. The first-order valence-electron chi connectivity index (χ1n) is 4.80. The summed E-state index contributed by atoms with van der Waals surface area (Å²) in [4.78, 5) is 11.7. The Labute approximate surface area is 92.3 Å². The molecule has 0 spiro atoms. The van der Waals surface area contributed by atoms with E-state index in [0.29, 0.717) is 11.3 Å². The van der Waals surface area contributed by atoms with Gasteiger partial charge in [0.2, 0.25) is 0 Å². The van der Waals surface area contributed by atoms with Gasteiger partial charge in [0.15, 0.2) is 0 Å². The highest BCUT2D eigenvalue weighted by molar-refractivity contribution is 5.90. The number of para-hydroxylation sites is 1. The highest BCUT2D eigenvalue weighted by Crippen LogP contribution is 2.06. The molecular formula is C11H11N3O2. The van der Waals surface area contributed by atoms with E-state index < -0.39 is 0 Å². The van der Waals surface area contributed by atoms with Gasteiger partial charge < -0.3 is 10.4 Å². The van der Waals surface area contributed by atoms with Crippen molar-refractivity contribution < 1.29 is 9.90 Å². The van der Waals surface area contributed by atoms with E-state index in [2.05, 4.69) is 10.4 Å². The average molecular weight is 217 g/mol. The Balaban J connectivity index is 2.09. The van der Waals surface area contributed by atoms with Crippen molar-refractivity contribution in [2.24, 2.45) is 0 Å². The number of hydrogen-bond acceptors (Lipinski definition) is 3. The number of aliphatic hydroxyl groups excluding tert-OH is 1. The zero-order valence-corrected chi connectivity index (χ0v) is 8.50. The first-order valence-corrected chi connectivity index (χ1v) is 4.80. The van der Waals surface area contributed by atoms with Crippen molar-refractivity contribution in [3.63, 3.8) is 0 Å². The summed E-state index contributed by atoms with van der Waals surface area (Å²) in [6, 6.07) is 8.75. The van der Waals surface area contributed by atoms with Gasteiger partial charge in [-0.05, 0) is 12.1 Å². The van der Waals surface area contributed by atoms with Crippen LogP contribution in [0, 0.1) is 0 Å². The topological polar surface area (TPSA) is 67.2 Å². The van der Waals surface area contributed by atoms with Crippen molar-refractivity contribution in [1.82, 2.24) is 9.78 Å². The Morgan fingerprint density at radius 3 is 2.75 bits per heavy atom. The maximum atomic E-state index is 11.7. The first kappa shape index (κ1) is 10.4. The molecule has 0 aliphatic rings. The second-order valence-electron chi connectivity index (χ2n) is 3.25. The fourth-order valence-corrected chi connectivity index (χ4v) is 1.26. The number of aromatic nitrogens is 2. The van der Waals surface area contributed by atoms with Crippen LogP contribution in [0.1, 0.15) is 5.56 Å². The fraction of sp³-hybridized carbons (Fsp3) is 0.0909. The van der Waals surface area contributed by atoms with Gasteiger partial charge in [0.1, 0.15) is 0 Å². The standard InChI is InChI=1S/C11H11N3O2/c15-8-9-6-12-14(7-9)11(16)13-10-4-2-1-3-5-10/h1-7,15H,8H2,(H,13,16). The molecule has 0 bridgehead atoms. The third-order valence-corrected chi connectivity index (χ3v) is 2.05. The second-order valence-corrected chi connectivity index (χ2v) is 3.25. The number of nitrogens with zero attached hydrogens (tertiary/aromatic N) is 2. The summed E-state index contributed by atoms with van der Waals surface area (Å²) >= 11 is 0. The molecule has 0 radical (unpaired) electrons. The molecule has 0 aliphatic carbocycles. The van der Waals surface area contributed by atoms with Crippen molar-refractivity contribution in [3.05, 3.63) is 48.3 Å². The predicted molar refractivity (Wildman–Crippen MR) is 59.0 cm³/mol. The van der Waals surface area contributed by atoms with Gasteiger partial charge >= 0.3 is 6.03 Å². The SMILES string of the molecule is O=C(Nc1ccccc1)n1cc(CO)cn1. The highest BCUT2D eigenvalue weighted by atomic mass is 16.3. The largest absolute Gasteiger partial charge is 0.392 e. The average Bonchev–Trinajstić information content (AvgIpc) is 2.79. The van der Waals surface area contributed by atoms with E-state index in [1.807, 2.05) is 18.2 Å². The van der Waals surface area contributed by atoms with Gasteiger partial charge in [-0.15, -0.1) is 0 Å². The molecule has 1 aromatic heterocycles. The molecule has 0 unspecified atom stereocenters. The number of hydrogen-bond donors (Lipinski definition) is 2. The molecule has 2 aromatic rings. The van der Waals surface area contributed by atoms with E-state index in [1.54, 1.807) is 12.1 Å². The summed E-state index contributed by atoms with van der Waals surface area (Å²) in [5.74, 6) is 0. The van der Waals surface area contributed by atoms with E-state index in [0.717, 1.165) is 4.68 Å². The minimum absolute atomic E-state index is 0.126.